The lowest BCUT2D eigenvalue weighted by Crippen LogP contribution is -2.47. The van der Waals surface area contributed by atoms with E-state index >= 15 is 0 Å². The number of benzene rings is 2. The fraction of sp³-hybridized carbons (Fsp3) is 0.429. The maximum Gasteiger partial charge on any atom is 0.251 e. The number of aromatic nitrogens is 1. The van der Waals surface area contributed by atoms with Crippen molar-refractivity contribution in [2.45, 2.75) is 58.7 Å². The molecular weight excluding hydrogens is 483 g/mol. The van der Waals surface area contributed by atoms with E-state index in [2.05, 4.69) is 4.98 Å². The number of carbonyl (C=O) groups excluding carboxylic acids is 1. The van der Waals surface area contributed by atoms with Crippen molar-refractivity contribution in [3.8, 4) is 11.5 Å². The Hall–Kier alpha value is -3.17. The lowest BCUT2D eigenvalue weighted by atomic mass is 9.82. The molecule has 3 atom stereocenters. The molecule has 3 N–H and O–H groups in total. The largest absolute Gasteiger partial charge is 0.440 e. The predicted molar refractivity (Wildman–Crippen MR) is 135 cm³/mol. The smallest absolute Gasteiger partial charge is 0.251 e. The molecule has 0 fully saturated rings. The van der Waals surface area contributed by atoms with Gasteiger partial charge >= 0.3 is 0 Å². The van der Waals surface area contributed by atoms with Crippen LogP contribution in [0.25, 0.3) is 11.5 Å². The van der Waals surface area contributed by atoms with Gasteiger partial charge in [-0.2, -0.15) is 0 Å². The van der Waals surface area contributed by atoms with Gasteiger partial charge in [0.1, 0.15) is 35.9 Å². The van der Waals surface area contributed by atoms with Gasteiger partial charge in [0.25, 0.3) is 5.91 Å². The van der Waals surface area contributed by atoms with Crippen molar-refractivity contribution < 1.29 is 27.5 Å². The van der Waals surface area contributed by atoms with Gasteiger partial charge in [0.15, 0.2) is 0 Å². The average molecular weight is 518 g/mol. The van der Waals surface area contributed by atoms with Gasteiger partial charge in [-0.05, 0) is 42.5 Å². The summed E-state index contributed by atoms with van der Waals surface area (Å²) in [7, 11) is 0. The number of amides is 1. The number of rotatable bonds is 10. The molecule has 0 bridgehead atoms. The number of hydrogen-bond acceptors (Lipinski definition) is 5. The standard InChI is InChI=1S/C28H34F3N3O3/c1-17(35)27(36)34(13-12-20(32)16-29)25(28(2,3)4)24-23(14-18-8-6-5-7-9-18)37-26(33-24)21-15-19(30)10-11-22(21)31/h5-11,15,17,20,25,35H,12-14,16,32H2,1-4H3/t17-,20-,25+/m0/s1. The Balaban J connectivity index is 2.21. The Morgan fingerprint density at radius 2 is 1.84 bits per heavy atom. The van der Waals surface area contributed by atoms with Crippen LogP contribution in [0.3, 0.4) is 0 Å². The molecule has 9 heteroatoms. The fourth-order valence-electron chi connectivity index (χ4n) is 4.28. The first kappa shape index (κ1) is 28.4. The molecular formula is C28H34F3N3O3. The molecule has 0 aliphatic heterocycles. The van der Waals surface area contributed by atoms with Crippen LogP contribution in [-0.4, -0.2) is 46.3 Å². The lowest BCUT2D eigenvalue weighted by molar-refractivity contribution is -0.144. The van der Waals surface area contributed by atoms with Gasteiger partial charge in [0.05, 0.1) is 11.6 Å². The van der Waals surface area contributed by atoms with Crippen molar-refractivity contribution in [3.63, 3.8) is 0 Å². The molecule has 3 aromatic rings. The van der Waals surface area contributed by atoms with E-state index in [-0.39, 0.29) is 30.8 Å². The Morgan fingerprint density at radius 3 is 2.43 bits per heavy atom. The van der Waals surface area contributed by atoms with Gasteiger partial charge in [-0.3, -0.25) is 4.79 Å². The third-order valence-corrected chi connectivity index (χ3v) is 6.06. The van der Waals surface area contributed by atoms with Gasteiger partial charge in [0.2, 0.25) is 5.89 Å². The molecule has 0 aliphatic rings. The number of aliphatic hydroxyl groups is 1. The average Bonchev–Trinajstić information content (AvgIpc) is 3.24. The second-order valence-electron chi connectivity index (χ2n) is 10.3. The summed E-state index contributed by atoms with van der Waals surface area (Å²) in [4.78, 5) is 19.3. The molecule has 2 aromatic carbocycles. The maximum atomic E-state index is 14.7. The van der Waals surface area contributed by atoms with Crippen LogP contribution < -0.4 is 5.73 Å². The van der Waals surface area contributed by atoms with Crippen molar-refractivity contribution in [3.05, 3.63) is 77.2 Å². The molecule has 1 aromatic heterocycles. The molecule has 1 amide bonds. The van der Waals surface area contributed by atoms with E-state index < -0.39 is 47.8 Å². The minimum absolute atomic E-state index is 0.0536. The zero-order valence-electron chi connectivity index (χ0n) is 21.5. The van der Waals surface area contributed by atoms with Crippen LogP contribution in [0.1, 0.15) is 57.2 Å². The first-order valence-corrected chi connectivity index (χ1v) is 12.2. The van der Waals surface area contributed by atoms with Crippen LogP contribution in [0.5, 0.6) is 0 Å². The molecule has 0 saturated heterocycles. The van der Waals surface area contributed by atoms with Crippen LogP contribution >= 0.6 is 0 Å². The van der Waals surface area contributed by atoms with E-state index in [1.54, 1.807) is 0 Å². The van der Waals surface area contributed by atoms with Crippen LogP contribution in [0.15, 0.2) is 52.9 Å². The SMILES string of the molecule is C[C@H](O)C(=O)N(CC[C@H](N)CF)[C@H](c1nc(-c2cc(F)ccc2F)oc1Cc1ccccc1)C(C)(C)C. The molecule has 6 nitrogen and oxygen atoms in total. The topological polar surface area (TPSA) is 92.6 Å². The number of halogens is 3. The summed E-state index contributed by atoms with van der Waals surface area (Å²) >= 11 is 0. The molecule has 200 valence electrons. The highest BCUT2D eigenvalue weighted by Gasteiger charge is 2.40. The van der Waals surface area contributed by atoms with E-state index in [1.807, 2.05) is 51.1 Å². The zero-order valence-corrected chi connectivity index (χ0v) is 21.5. The molecule has 0 spiro atoms. The number of nitrogens with two attached hydrogens (primary N) is 1. The normalized spacial score (nSPS) is 14.3. The highest BCUT2D eigenvalue weighted by atomic mass is 19.1. The van der Waals surface area contributed by atoms with Crippen molar-refractivity contribution in [1.82, 2.24) is 9.88 Å². The van der Waals surface area contributed by atoms with E-state index in [9.17, 15) is 23.1 Å². The number of hydrogen-bond donors (Lipinski definition) is 2. The fourth-order valence-corrected chi connectivity index (χ4v) is 4.28. The summed E-state index contributed by atoms with van der Waals surface area (Å²) in [5.41, 5.74) is 6.23. The third-order valence-electron chi connectivity index (χ3n) is 6.06. The Labute approximate surface area is 215 Å². The second-order valence-corrected chi connectivity index (χ2v) is 10.3. The van der Waals surface area contributed by atoms with E-state index in [1.165, 1.54) is 11.8 Å². The minimum Gasteiger partial charge on any atom is -0.440 e. The predicted octanol–water partition coefficient (Wildman–Crippen LogP) is 5.19. The number of oxazole rings is 1. The summed E-state index contributed by atoms with van der Waals surface area (Å²) in [5.74, 6) is -1.71. The molecule has 0 radical (unpaired) electrons. The van der Waals surface area contributed by atoms with Gasteiger partial charge < -0.3 is 20.2 Å². The first-order valence-electron chi connectivity index (χ1n) is 12.2. The quantitative estimate of drug-likeness (QED) is 0.386. The number of alkyl halides is 1. The zero-order chi connectivity index (χ0) is 27.3. The van der Waals surface area contributed by atoms with Crippen molar-refractivity contribution in [2.24, 2.45) is 11.1 Å². The second kappa shape index (κ2) is 11.9. The summed E-state index contributed by atoms with van der Waals surface area (Å²) in [6.45, 7) is 6.31. The Kier molecular flexibility index (Phi) is 9.15. The molecule has 37 heavy (non-hydrogen) atoms. The van der Waals surface area contributed by atoms with Gasteiger partial charge in [-0.1, -0.05) is 51.1 Å². The monoisotopic (exact) mass is 517 g/mol. The summed E-state index contributed by atoms with van der Waals surface area (Å²) in [6, 6.07) is 10.8. The van der Waals surface area contributed by atoms with Crippen molar-refractivity contribution in [2.75, 3.05) is 13.2 Å². The first-order chi connectivity index (χ1) is 17.4. The van der Waals surface area contributed by atoms with Crippen molar-refractivity contribution in [1.29, 1.82) is 0 Å². The van der Waals surface area contributed by atoms with E-state index in [0.29, 0.717) is 11.5 Å². The Bertz CT molecular complexity index is 1190. The summed E-state index contributed by atoms with van der Waals surface area (Å²) in [6.07, 6.45) is -0.914. The number of carbonyl (C=O) groups is 1. The third kappa shape index (κ3) is 6.99. The van der Waals surface area contributed by atoms with Crippen LogP contribution in [0.2, 0.25) is 0 Å². The lowest BCUT2D eigenvalue weighted by Gasteiger charge is -2.40. The molecule has 1 heterocycles. The molecule has 3 rings (SSSR count). The minimum atomic E-state index is -1.34. The van der Waals surface area contributed by atoms with E-state index in [0.717, 1.165) is 23.8 Å². The molecule has 0 aliphatic carbocycles. The number of aliphatic hydroxyl groups excluding tert-OH is 1. The maximum absolute atomic E-state index is 14.7. The van der Waals surface area contributed by atoms with Crippen LogP contribution in [-0.2, 0) is 11.2 Å². The van der Waals surface area contributed by atoms with Crippen LogP contribution in [0, 0.1) is 17.0 Å². The highest BCUT2D eigenvalue weighted by molar-refractivity contribution is 5.80. The van der Waals surface area contributed by atoms with Crippen molar-refractivity contribution >= 4 is 5.91 Å². The van der Waals surface area contributed by atoms with Gasteiger partial charge in [-0.15, -0.1) is 0 Å². The summed E-state index contributed by atoms with van der Waals surface area (Å²) < 4.78 is 47.9. The number of nitrogens with zero attached hydrogens (tertiary/aromatic N) is 2. The summed E-state index contributed by atoms with van der Waals surface area (Å²) in [5, 5.41) is 10.2. The highest BCUT2D eigenvalue weighted by Crippen LogP contribution is 2.42. The molecule has 0 saturated carbocycles. The molecule has 0 unspecified atom stereocenters. The Morgan fingerprint density at radius 1 is 1.16 bits per heavy atom. The van der Waals surface area contributed by atoms with Crippen LogP contribution in [0.4, 0.5) is 13.2 Å². The van der Waals surface area contributed by atoms with E-state index in [4.69, 9.17) is 10.2 Å². The van der Waals surface area contributed by atoms with Gasteiger partial charge in [0, 0.05) is 19.0 Å². The van der Waals surface area contributed by atoms with Gasteiger partial charge in [-0.25, -0.2) is 18.2 Å².